The number of rotatable bonds is 3. The molecule has 114 valence electrons. The maximum atomic E-state index is 12.3. The van der Waals surface area contributed by atoms with E-state index in [1.807, 2.05) is 60.7 Å². The molecule has 0 aliphatic carbocycles. The van der Waals surface area contributed by atoms with E-state index in [2.05, 4.69) is 10.1 Å². The molecule has 5 heteroatoms. The fourth-order valence-electron chi connectivity index (χ4n) is 2.85. The topological polar surface area (TPSA) is 71.6 Å². The van der Waals surface area contributed by atoms with Gasteiger partial charge in [0.1, 0.15) is 12.1 Å². The van der Waals surface area contributed by atoms with E-state index in [4.69, 9.17) is 5.26 Å². The van der Waals surface area contributed by atoms with Crippen molar-refractivity contribution in [3.63, 3.8) is 0 Å². The molecule has 0 unspecified atom stereocenters. The molecule has 0 aliphatic rings. The van der Waals surface area contributed by atoms with E-state index >= 15 is 0 Å². The summed E-state index contributed by atoms with van der Waals surface area (Å²) in [6, 6.07) is 19.3. The van der Waals surface area contributed by atoms with Crippen molar-refractivity contribution in [2.24, 2.45) is 0 Å². The summed E-state index contributed by atoms with van der Waals surface area (Å²) in [5, 5.41) is 14.9. The fraction of sp³-hybridized carbons (Fsp3) is 0.0526. The molecule has 0 aliphatic heterocycles. The largest absolute Gasteiger partial charge is 0.291 e. The lowest BCUT2D eigenvalue weighted by Gasteiger charge is -2.05. The van der Waals surface area contributed by atoms with E-state index in [9.17, 15) is 4.79 Å². The van der Waals surface area contributed by atoms with E-state index in [-0.39, 0.29) is 17.9 Å². The summed E-state index contributed by atoms with van der Waals surface area (Å²) < 4.78 is 1.75. The number of hydrogen-bond donors (Lipinski definition) is 0. The first-order chi connectivity index (χ1) is 11.8. The van der Waals surface area contributed by atoms with Gasteiger partial charge in [0, 0.05) is 11.6 Å². The van der Waals surface area contributed by atoms with Gasteiger partial charge in [0.2, 0.25) is 0 Å². The van der Waals surface area contributed by atoms with Gasteiger partial charge in [-0.05, 0) is 18.2 Å². The number of benzene rings is 2. The molecular formula is C19H12N4O. The molecule has 0 bridgehead atoms. The zero-order valence-electron chi connectivity index (χ0n) is 12.7. The Morgan fingerprint density at radius 1 is 1.04 bits per heavy atom. The number of carbonyl (C=O) groups excluding carboxylic acids is 1. The maximum absolute atomic E-state index is 12.3. The van der Waals surface area contributed by atoms with Crippen LogP contribution in [0.15, 0.2) is 60.8 Å². The fourth-order valence-corrected chi connectivity index (χ4v) is 2.85. The Morgan fingerprint density at radius 2 is 1.79 bits per heavy atom. The Bertz CT molecular complexity index is 1110. The summed E-state index contributed by atoms with van der Waals surface area (Å²) in [5.74, 6) is -0.297. The summed E-state index contributed by atoms with van der Waals surface area (Å²) in [5.41, 5.74) is 2.80. The average Bonchev–Trinajstić information content (AvgIpc) is 3.03. The van der Waals surface area contributed by atoms with Crippen LogP contribution in [0.2, 0.25) is 0 Å². The van der Waals surface area contributed by atoms with Crippen molar-refractivity contribution >= 4 is 27.6 Å². The second kappa shape index (κ2) is 5.60. The van der Waals surface area contributed by atoms with E-state index in [1.54, 1.807) is 10.9 Å². The van der Waals surface area contributed by atoms with E-state index in [0.717, 1.165) is 22.1 Å². The number of nitriles is 1. The normalized spacial score (nSPS) is 10.8. The molecule has 4 aromatic rings. The van der Waals surface area contributed by atoms with E-state index in [0.29, 0.717) is 5.39 Å². The van der Waals surface area contributed by atoms with Crippen LogP contribution in [0, 0.1) is 11.3 Å². The van der Waals surface area contributed by atoms with Crippen molar-refractivity contribution in [3.8, 4) is 11.8 Å². The van der Waals surface area contributed by atoms with Crippen molar-refractivity contribution in [1.82, 2.24) is 14.8 Å². The van der Waals surface area contributed by atoms with Crippen molar-refractivity contribution in [2.45, 2.75) is 6.42 Å². The number of nitrogens with zero attached hydrogens (tertiary/aromatic N) is 4. The van der Waals surface area contributed by atoms with Crippen LogP contribution in [-0.4, -0.2) is 20.5 Å². The first-order valence-electron chi connectivity index (χ1n) is 7.51. The van der Waals surface area contributed by atoms with Crippen LogP contribution >= 0.6 is 0 Å². The number of fused-ring (bicyclic) bond motifs is 3. The summed E-state index contributed by atoms with van der Waals surface area (Å²) >= 11 is 0. The standard InChI is InChI=1S/C19H12N4O/c20-11-10-17(24)18-15-12-21-16-9-5-4-8-14(16)19(15)23(22-18)13-6-2-1-3-7-13/h1-9,12H,10H2. The molecule has 0 spiro atoms. The smallest absolute Gasteiger partial charge is 0.197 e. The predicted octanol–water partition coefficient (Wildman–Crippen LogP) is 3.67. The van der Waals surface area contributed by atoms with Crippen LogP contribution < -0.4 is 0 Å². The third-order valence-electron chi connectivity index (χ3n) is 3.92. The number of aromatic nitrogens is 3. The van der Waals surface area contributed by atoms with Gasteiger partial charge >= 0.3 is 0 Å². The van der Waals surface area contributed by atoms with Crippen molar-refractivity contribution in [1.29, 1.82) is 5.26 Å². The molecule has 2 aromatic carbocycles. The Morgan fingerprint density at radius 3 is 2.58 bits per heavy atom. The number of ketones is 1. The third kappa shape index (κ3) is 2.13. The highest BCUT2D eigenvalue weighted by Gasteiger charge is 2.20. The van der Waals surface area contributed by atoms with Crippen LogP contribution in [-0.2, 0) is 0 Å². The van der Waals surface area contributed by atoms with Gasteiger partial charge in [0.25, 0.3) is 0 Å². The molecule has 0 radical (unpaired) electrons. The monoisotopic (exact) mass is 312 g/mol. The maximum Gasteiger partial charge on any atom is 0.197 e. The second-order valence-electron chi connectivity index (χ2n) is 5.39. The molecule has 0 amide bonds. The molecule has 0 N–H and O–H groups in total. The third-order valence-corrected chi connectivity index (χ3v) is 3.92. The highest BCUT2D eigenvalue weighted by Crippen LogP contribution is 2.28. The Balaban J connectivity index is 2.12. The molecule has 5 nitrogen and oxygen atoms in total. The molecule has 4 rings (SSSR count). The lowest BCUT2D eigenvalue weighted by Crippen LogP contribution is -2.01. The molecule has 0 atom stereocenters. The zero-order valence-corrected chi connectivity index (χ0v) is 12.7. The Labute approximate surface area is 137 Å². The molecule has 0 saturated carbocycles. The van der Waals surface area contributed by atoms with E-state index in [1.165, 1.54) is 0 Å². The van der Waals surface area contributed by atoms with Gasteiger partial charge in [-0.2, -0.15) is 10.4 Å². The Kier molecular flexibility index (Phi) is 3.29. The molecular weight excluding hydrogens is 300 g/mol. The summed E-state index contributed by atoms with van der Waals surface area (Å²) in [4.78, 5) is 16.7. The number of carbonyl (C=O) groups is 1. The van der Waals surface area contributed by atoms with Crippen molar-refractivity contribution in [2.75, 3.05) is 0 Å². The SMILES string of the molecule is N#CCC(=O)c1nn(-c2ccccc2)c2c1cnc1ccccc12. The number of Topliss-reactive ketones (excluding diaryl/α,β-unsaturated/α-hetero) is 1. The minimum Gasteiger partial charge on any atom is -0.291 e. The van der Waals surface area contributed by atoms with Gasteiger partial charge in [-0.25, -0.2) is 4.68 Å². The highest BCUT2D eigenvalue weighted by molar-refractivity contribution is 6.13. The van der Waals surface area contributed by atoms with E-state index < -0.39 is 0 Å². The average molecular weight is 312 g/mol. The first-order valence-corrected chi connectivity index (χ1v) is 7.51. The van der Waals surface area contributed by atoms with Gasteiger partial charge < -0.3 is 0 Å². The summed E-state index contributed by atoms with van der Waals surface area (Å²) in [6.45, 7) is 0. The molecule has 0 saturated heterocycles. The van der Waals surface area contributed by atoms with Gasteiger partial charge in [-0.1, -0.05) is 36.4 Å². The van der Waals surface area contributed by atoms with Gasteiger partial charge in [-0.15, -0.1) is 0 Å². The summed E-state index contributed by atoms with van der Waals surface area (Å²) in [7, 11) is 0. The van der Waals surface area contributed by atoms with Crippen LogP contribution in [0.4, 0.5) is 0 Å². The van der Waals surface area contributed by atoms with Crippen LogP contribution in [0.5, 0.6) is 0 Å². The lowest BCUT2D eigenvalue weighted by molar-refractivity contribution is 0.0994. The Hall–Kier alpha value is -3.52. The van der Waals surface area contributed by atoms with Crippen LogP contribution in [0.3, 0.4) is 0 Å². The number of hydrogen-bond acceptors (Lipinski definition) is 4. The molecule has 2 heterocycles. The quantitative estimate of drug-likeness (QED) is 0.541. The van der Waals surface area contributed by atoms with Gasteiger partial charge in [0.15, 0.2) is 5.78 Å². The van der Waals surface area contributed by atoms with Gasteiger partial charge in [-0.3, -0.25) is 9.78 Å². The molecule has 2 aromatic heterocycles. The minimum absolute atomic E-state index is 0.201. The number of pyridine rings is 1. The van der Waals surface area contributed by atoms with Crippen LogP contribution in [0.1, 0.15) is 16.9 Å². The van der Waals surface area contributed by atoms with Crippen LogP contribution in [0.25, 0.3) is 27.5 Å². The minimum atomic E-state index is -0.297. The molecule has 0 fully saturated rings. The van der Waals surface area contributed by atoms with Gasteiger partial charge in [0.05, 0.1) is 28.2 Å². The number of para-hydroxylation sites is 2. The second-order valence-corrected chi connectivity index (χ2v) is 5.39. The molecule has 24 heavy (non-hydrogen) atoms. The highest BCUT2D eigenvalue weighted by atomic mass is 16.1. The summed E-state index contributed by atoms with van der Waals surface area (Å²) in [6.07, 6.45) is 1.46. The lowest BCUT2D eigenvalue weighted by atomic mass is 10.1. The first kappa shape index (κ1) is 14.1. The predicted molar refractivity (Wildman–Crippen MR) is 90.9 cm³/mol. The van der Waals surface area contributed by atoms with Crippen molar-refractivity contribution < 1.29 is 4.79 Å². The van der Waals surface area contributed by atoms with Crippen molar-refractivity contribution in [3.05, 3.63) is 66.5 Å². The zero-order chi connectivity index (χ0) is 16.5.